The summed E-state index contributed by atoms with van der Waals surface area (Å²) in [6, 6.07) is 8.86. The highest BCUT2D eigenvalue weighted by atomic mass is 32.2. The Morgan fingerprint density at radius 1 is 1.43 bits per heavy atom. The fraction of sp³-hybridized carbons (Fsp3) is 0.364. The first-order valence-corrected chi connectivity index (χ1v) is 5.99. The standard InChI is InChI=1S/C11H15NOS/c1-14-8-7-10(12)11(13)9-5-3-2-4-6-9/h2-6,10H,7-8,12H2,1H3/t10-/m0/s1. The summed E-state index contributed by atoms with van der Waals surface area (Å²) in [4.78, 5) is 11.7. The molecule has 0 aliphatic carbocycles. The SMILES string of the molecule is CSCC[C@H](N)C(=O)c1ccccc1. The van der Waals surface area contributed by atoms with Crippen molar-refractivity contribution < 1.29 is 4.79 Å². The maximum absolute atomic E-state index is 11.7. The third-order valence-corrected chi connectivity index (χ3v) is 2.67. The van der Waals surface area contributed by atoms with Gasteiger partial charge in [0, 0.05) is 5.56 Å². The molecule has 0 aromatic heterocycles. The lowest BCUT2D eigenvalue weighted by molar-refractivity contribution is 0.0960. The lowest BCUT2D eigenvalue weighted by Gasteiger charge is -2.09. The van der Waals surface area contributed by atoms with Gasteiger partial charge >= 0.3 is 0 Å². The minimum Gasteiger partial charge on any atom is -0.321 e. The summed E-state index contributed by atoms with van der Waals surface area (Å²) >= 11 is 1.71. The van der Waals surface area contributed by atoms with Crippen LogP contribution in [0.4, 0.5) is 0 Å². The number of hydrogen-bond donors (Lipinski definition) is 1. The molecule has 0 bridgehead atoms. The van der Waals surface area contributed by atoms with Gasteiger partial charge < -0.3 is 5.73 Å². The van der Waals surface area contributed by atoms with E-state index >= 15 is 0 Å². The van der Waals surface area contributed by atoms with Crippen molar-refractivity contribution >= 4 is 17.5 Å². The number of hydrogen-bond acceptors (Lipinski definition) is 3. The molecule has 1 rings (SSSR count). The van der Waals surface area contributed by atoms with Crippen LogP contribution in [0.2, 0.25) is 0 Å². The Bertz CT molecular complexity index is 287. The molecule has 76 valence electrons. The van der Waals surface area contributed by atoms with Gasteiger partial charge in [-0.05, 0) is 18.4 Å². The molecule has 0 radical (unpaired) electrons. The third kappa shape index (κ3) is 3.16. The zero-order valence-electron chi connectivity index (χ0n) is 8.27. The third-order valence-electron chi connectivity index (χ3n) is 2.03. The van der Waals surface area contributed by atoms with Crippen LogP contribution in [0.3, 0.4) is 0 Å². The van der Waals surface area contributed by atoms with E-state index in [4.69, 9.17) is 5.73 Å². The minimum absolute atomic E-state index is 0.0413. The van der Waals surface area contributed by atoms with Crippen LogP contribution >= 0.6 is 11.8 Å². The molecule has 1 aromatic rings. The summed E-state index contributed by atoms with van der Waals surface area (Å²) in [5, 5.41) is 0. The summed E-state index contributed by atoms with van der Waals surface area (Å²) in [6.45, 7) is 0. The zero-order valence-corrected chi connectivity index (χ0v) is 9.09. The second-order valence-corrected chi connectivity index (χ2v) is 4.10. The van der Waals surface area contributed by atoms with Gasteiger partial charge in [0.25, 0.3) is 0 Å². The molecule has 3 heteroatoms. The van der Waals surface area contributed by atoms with Crippen molar-refractivity contribution in [3.05, 3.63) is 35.9 Å². The first kappa shape index (κ1) is 11.3. The summed E-state index contributed by atoms with van der Waals surface area (Å²) < 4.78 is 0. The van der Waals surface area contributed by atoms with Crippen molar-refractivity contribution in [2.45, 2.75) is 12.5 Å². The first-order chi connectivity index (χ1) is 6.75. The molecule has 2 nitrogen and oxygen atoms in total. The molecular formula is C11H15NOS. The zero-order chi connectivity index (χ0) is 10.4. The molecule has 14 heavy (non-hydrogen) atoms. The lowest BCUT2D eigenvalue weighted by Crippen LogP contribution is -2.31. The molecule has 0 amide bonds. The number of carbonyl (C=O) groups is 1. The van der Waals surface area contributed by atoms with Crippen molar-refractivity contribution in [1.29, 1.82) is 0 Å². The van der Waals surface area contributed by atoms with Crippen molar-refractivity contribution in [2.24, 2.45) is 5.73 Å². The highest BCUT2D eigenvalue weighted by Gasteiger charge is 2.14. The molecule has 0 saturated heterocycles. The molecular weight excluding hydrogens is 194 g/mol. The maximum Gasteiger partial charge on any atom is 0.179 e. The Balaban J connectivity index is 2.57. The second-order valence-electron chi connectivity index (χ2n) is 3.12. The molecule has 1 atom stereocenters. The van der Waals surface area contributed by atoms with Crippen molar-refractivity contribution in [3.63, 3.8) is 0 Å². The number of rotatable bonds is 5. The van der Waals surface area contributed by atoms with Gasteiger partial charge in [-0.2, -0.15) is 11.8 Å². The van der Waals surface area contributed by atoms with E-state index in [0.717, 1.165) is 12.2 Å². The van der Waals surface area contributed by atoms with Gasteiger partial charge in [0.2, 0.25) is 0 Å². The van der Waals surface area contributed by atoms with Crippen LogP contribution in [0.1, 0.15) is 16.8 Å². The minimum atomic E-state index is -0.357. The van der Waals surface area contributed by atoms with E-state index in [1.54, 1.807) is 23.9 Å². The molecule has 0 heterocycles. The van der Waals surface area contributed by atoms with Crippen LogP contribution in [0, 0.1) is 0 Å². The average molecular weight is 209 g/mol. The smallest absolute Gasteiger partial charge is 0.179 e. The van der Waals surface area contributed by atoms with E-state index in [1.807, 2.05) is 24.5 Å². The van der Waals surface area contributed by atoms with Gasteiger partial charge in [0.15, 0.2) is 5.78 Å². The summed E-state index contributed by atoms with van der Waals surface area (Å²) in [5.41, 5.74) is 6.48. The van der Waals surface area contributed by atoms with Crippen LogP contribution in [-0.2, 0) is 0 Å². The Kier molecular flexibility index (Phi) is 4.70. The van der Waals surface area contributed by atoms with Crippen LogP contribution in [0.15, 0.2) is 30.3 Å². The molecule has 0 spiro atoms. The molecule has 0 saturated carbocycles. The van der Waals surface area contributed by atoms with E-state index in [2.05, 4.69) is 0 Å². The van der Waals surface area contributed by atoms with Gasteiger partial charge in [-0.15, -0.1) is 0 Å². The van der Waals surface area contributed by atoms with E-state index in [0.29, 0.717) is 5.56 Å². The number of Topliss-reactive ketones (excluding diaryl/α,β-unsaturated/α-hetero) is 1. The molecule has 1 aromatic carbocycles. The van der Waals surface area contributed by atoms with E-state index in [1.165, 1.54) is 0 Å². The molecule has 2 N–H and O–H groups in total. The van der Waals surface area contributed by atoms with Gasteiger partial charge in [-0.3, -0.25) is 4.79 Å². The summed E-state index contributed by atoms with van der Waals surface area (Å²) in [6.07, 6.45) is 2.76. The molecule has 0 unspecified atom stereocenters. The normalized spacial score (nSPS) is 12.4. The fourth-order valence-electron chi connectivity index (χ4n) is 1.19. The number of ketones is 1. The first-order valence-electron chi connectivity index (χ1n) is 4.59. The largest absolute Gasteiger partial charge is 0.321 e. The maximum atomic E-state index is 11.7. The Morgan fingerprint density at radius 2 is 2.07 bits per heavy atom. The van der Waals surface area contributed by atoms with Crippen LogP contribution in [0.25, 0.3) is 0 Å². The van der Waals surface area contributed by atoms with E-state index in [9.17, 15) is 4.79 Å². The quantitative estimate of drug-likeness (QED) is 0.754. The molecule has 0 aliphatic rings. The van der Waals surface area contributed by atoms with Crippen molar-refractivity contribution in [1.82, 2.24) is 0 Å². The van der Waals surface area contributed by atoms with Gasteiger partial charge in [-0.1, -0.05) is 30.3 Å². The fourth-order valence-corrected chi connectivity index (χ4v) is 1.68. The van der Waals surface area contributed by atoms with Gasteiger partial charge in [0.1, 0.15) is 0 Å². The number of carbonyl (C=O) groups excluding carboxylic acids is 1. The summed E-state index contributed by atoms with van der Waals surface area (Å²) in [7, 11) is 0. The van der Waals surface area contributed by atoms with Gasteiger partial charge in [-0.25, -0.2) is 0 Å². The topological polar surface area (TPSA) is 43.1 Å². The number of nitrogens with two attached hydrogens (primary N) is 1. The van der Waals surface area contributed by atoms with Crippen molar-refractivity contribution in [3.8, 4) is 0 Å². The Labute approximate surface area is 88.9 Å². The van der Waals surface area contributed by atoms with E-state index in [-0.39, 0.29) is 11.8 Å². The van der Waals surface area contributed by atoms with Crippen LogP contribution in [-0.4, -0.2) is 23.8 Å². The van der Waals surface area contributed by atoms with Crippen LogP contribution in [0.5, 0.6) is 0 Å². The summed E-state index contributed by atoms with van der Waals surface area (Å²) in [5.74, 6) is 0.972. The monoisotopic (exact) mass is 209 g/mol. The predicted molar refractivity (Wildman–Crippen MR) is 61.7 cm³/mol. The number of benzene rings is 1. The number of thioether (sulfide) groups is 1. The van der Waals surface area contributed by atoms with Crippen LogP contribution < -0.4 is 5.73 Å². The average Bonchev–Trinajstić information content (AvgIpc) is 2.26. The van der Waals surface area contributed by atoms with Crippen molar-refractivity contribution in [2.75, 3.05) is 12.0 Å². The predicted octanol–water partition coefficient (Wildman–Crippen LogP) is 1.95. The van der Waals surface area contributed by atoms with Gasteiger partial charge in [0.05, 0.1) is 6.04 Å². The Hall–Kier alpha value is -0.800. The van der Waals surface area contributed by atoms with E-state index < -0.39 is 0 Å². The Morgan fingerprint density at radius 3 is 2.64 bits per heavy atom. The highest BCUT2D eigenvalue weighted by Crippen LogP contribution is 2.06. The molecule has 0 fully saturated rings. The molecule has 0 aliphatic heterocycles. The lowest BCUT2D eigenvalue weighted by atomic mass is 10.0. The second kappa shape index (κ2) is 5.83. The highest BCUT2D eigenvalue weighted by molar-refractivity contribution is 7.98.